The van der Waals surface area contributed by atoms with Crippen LogP contribution in [0.15, 0.2) is 18.2 Å². The minimum absolute atomic E-state index is 0.113. The van der Waals surface area contributed by atoms with Crippen molar-refractivity contribution in [2.24, 2.45) is 0 Å². The van der Waals surface area contributed by atoms with E-state index in [1.165, 1.54) is 24.2 Å². The van der Waals surface area contributed by atoms with Crippen LogP contribution in [0.3, 0.4) is 0 Å². The molecule has 1 saturated heterocycles. The van der Waals surface area contributed by atoms with Crippen molar-refractivity contribution in [2.75, 3.05) is 18.4 Å². The van der Waals surface area contributed by atoms with Gasteiger partial charge in [0.1, 0.15) is 9.88 Å². The van der Waals surface area contributed by atoms with Crippen LogP contribution in [0.5, 0.6) is 0 Å². The molecule has 1 amide bonds. The van der Waals surface area contributed by atoms with E-state index in [-0.39, 0.29) is 5.91 Å². The van der Waals surface area contributed by atoms with Gasteiger partial charge in [-0.1, -0.05) is 17.7 Å². The smallest absolute Gasteiger partial charge is 0.267 e. The van der Waals surface area contributed by atoms with Crippen LogP contribution < -0.4 is 5.32 Å². The SMILES string of the molecule is Cc1ccc(Cl)cc1NC(=O)c1sc(CN2CCCC2)nc1C. The monoisotopic (exact) mass is 349 g/mol. The molecule has 0 aliphatic carbocycles. The van der Waals surface area contributed by atoms with Crippen molar-refractivity contribution in [1.82, 2.24) is 9.88 Å². The molecule has 122 valence electrons. The van der Waals surface area contributed by atoms with Crippen LogP contribution in [0.2, 0.25) is 5.02 Å². The molecule has 4 nitrogen and oxygen atoms in total. The highest BCUT2D eigenvalue weighted by atomic mass is 35.5. The number of amides is 1. The Bertz CT molecular complexity index is 723. The third-order valence-corrected chi connectivity index (χ3v) is 5.43. The molecule has 1 aromatic carbocycles. The number of likely N-dealkylation sites (tertiary alicyclic amines) is 1. The van der Waals surface area contributed by atoms with Gasteiger partial charge < -0.3 is 5.32 Å². The summed E-state index contributed by atoms with van der Waals surface area (Å²) in [5, 5.41) is 4.57. The average Bonchev–Trinajstić information content (AvgIpc) is 3.13. The maximum atomic E-state index is 12.6. The standard InChI is InChI=1S/C17H20ClN3OS/c1-11-5-6-13(18)9-14(11)20-17(22)16-12(2)19-15(23-16)10-21-7-3-4-8-21/h5-6,9H,3-4,7-8,10H2,1-2H3,(H,20,22). The molecular weight excluding hydrogens is 330 g/mol. The summed E-state index contributed by atoms with van der Waals surface area (Å²) in [6.07, 6.45) is 2.51. The summed E-state index contributed by atoms with van der Waals surface area (Å²) in [6.45, 7) is 6.94. The van der Waals surface area contributed by atoms with Gasteiger partial charge in [-0.25, -0.2) is 4.98 Å². The minimum atomic E-state index is -0.113. The number of carbonyl (C=O) groups excluding carboxylic acids is 1. The van der Waals surface area contributed by atoms with E-state index in [0.717, 1.165) is 41.6 Å². The van der Waals surface area contributed by atoms with E-state index in [1.807, 2.05) is 26.0 Å². The number of anilines is 1. The zero-order valence-corrected chi connectivity index (χ0v) is 14.9. The zero-order chi connectivity index (χ0) is 16.4. The van der Waals surface area contributed by atoms with E-state index in [4.69, 9.17) is 11.6 Å². The number of aromatic nitrogens is 1. The normalized spacial score (nSPS) is 15.1. The lowest BCUT2D eigenvalue weighted by Crippen LogP contribution is -2.18. The molecule has 0 saturated carbocycles. The first-order valence-electron chi connectivity index (χ1n) is 7.79. The van der Waals surface area contributed by atoms with Crippen molar-refractivity contribution >= 4 is 34.5 Å². The lowest BCUT2D eigenvalue weighted by molar-refractivity contribution is 0.102. The van der Waals surface area contributed by atoms with Gasteiger partial charge in [-0.3, -0.25) is 9.69 Å². The maximum absolute atomic E-state index is 12.6. The van der Waals surface area contributed by atoms with Crippen molar-refractivity contribution in [2.45, 2.75) is 33.2 Å². The number of carbonyl (C=O) groups is 1. The van der Waals surface area contributed by atoms with E-state index in [9.17, 15) is 4.79 Å². The lowest BCUT2D eigenvalue weighted by Gasteiger charge is -2.11. The summed E-state index contributed by atoms with van der Waals surface area (Å²) in [6, 6.07) is 5.49. The van der Waals surface area contributed by atoms with E-state index < -0.39 is 0 Å². The van der Waals surface area contributed by atoms with E-state index >= 15 is 0 Å². The summed E-state index contributed by atoms with van der Waals surface area (Å²) in [5.74, 6) is -0.113. The Morgan fingerprint density at radius 2 is 2.09 bits per heavy atom. The first-order valence-corrected chi connectivity index (χ1v) is 8.98. The van der Waals surface area contributed by atoms with Gasteiger partial charge in [0.05, 0.1) is 12.2 Å². The Morgan fingerprint density at radius 3 is 2.83 bits per heavy atom. The molecule has 0 unspecified atom stereocenters. The van der Waals surface area contributed by atoms with Crippen LogP contribution in [0.25, 0.3) is 0 Å². The van der Waals surface area contributed by atoms with Gasteiger partial charge in [-0.05, 0) is 57.5 Å². The molecule has 1 fully saturated rings. The Labute approximate surface area is 145 Å². The van der Waals surface area contributed by atoms with Crippen LogP contribution >= 0.6 is 22.9 Å². The fourth-order valence-electron chi connectivity index (χ4n) is 2.77. The number of hydrogen-bond acceptors (Lipinski definition) is 4. The van der Waals surface area contributed by atoms with E-state index in [0.29, 0.717) is 9.90 Å². The van der Waals surface area contributed by atoms with E-state index in [1.54, 1.807) is 6.07 Å². The third-order valence-electron chi connectivity index (χ3n) is 4.05. The van der Waals surface area contributed by atoms with Crippen LogP contribution in [-0.2, 0) is 6.54 Å². The quantitative estimate of drug-likeness (QED) is 0.896. The molecule has 3 rings (SSSR count). The molecule has 0 radical (unpaired) electrons. The number of nitrogens with zero attached hydrogens (tertiary/aromatic N) is 2. The van der Waals surface area contributed by atoms with Crippen LogP contribution in [0.4, 0.5) is 5.69 Å². The van der Waals surface area contributed by atoms with Crippen molar-refractivity contribution in [3.8, 4) is 0 Å². The molecule has 1 aliphatic rings. The van der Waals surface area contributed by atoms with Gasteiger partial charge in [0.2, 0.25) is 0 Å². The van der Waals surface area contributed by atoms with Crippen LogP contribution in [0, 0.1) is 13.8 Å². The van der Waals surface area contributed by atoms with Gasteiger partial charge in [0, 0.05) is 10.7 Å². The number of aryl methyl sites for hydroxylation is 2. The molecule has 23 heavy (non-hydrogen) atoms. The molecule has 0 atom stereocenters. The molecular formula is C17H20ClN3OS. The second kappa shape index (κ2) is 6.99. The molecule has 2 heterocycles. The summed E-state index contributed by atoms with van der Waals surface area (Å²) in [7, 11) is 0. The highest BCUT2D eigenvalue weighted by Gasteiger charge is 2.19. The van der Waals surface area contributed by atoms with Crippen molar-refractivity contribution in [1.29, 1.82) is 0 Å². The number of benzene rings is 1. The molecule has 1 aliphatic heterocycles. The second-order valence-electron chi connectivity index (χ2n) is 5.92. The average molecular weight is 350 g/mol. The molecule has 0 bridgehead atoms. The van der Waals surface area contributed by atoms with Gasteiger partial charge in [0.15, 0.2) is 0 Å². The lowest BCUT2D eigenvalue weighted by atomic mass is 10.2. The fourth-order valence-corrected chi connectivity index (χ4v) is 3.95. The van der Waals surface area contributed by atoms with Crippen LogP contribution in [-0.4, -0.2) is 28.9 Å². The molecule has 1 N–H and O–H groups in total. The first kappa shape index (κ1) is 16.4. The largest absolute Gasteiger partial charge is 0.321 e. The number of nitrogens with one attached hydrogen (secondary N) is 1. The summed E-state index contributed by atoms with van der Waals surface area (Å²) in [5.41, 5.74) is 2.53. The van der Waals surface area contributed by atoms with Crippen LogP contribution in [0.1, 0.15) is 38.8 Å². The number of hydrogen-bond donors (Lipinski definition) is 1. The van der Waals surface area contributed by atoms with Gasteiger partial charge in [0.25, 0.3) is 5.91 Å². The minimum Gasteiger partial charge on any atom is -0.321 e. The topological polar surface area (TPSA) is 45.2 Å². The van der Waals surface area contributed by atoms with E-state index in [2.05, 4.69) is 15.2 Å². The summed E-state index contributed by atoms with van der Waals surface area (Å²) < 4.78 is 0. The molecule has 6 heteroatoms. The summed E-state index contributed by atoms with van der Waals surface area (Å²) >= 11 is 7.50. The Hall–Kier alpha value is -1.43. The predicted octanol–water partition coefficient (Wildman–Crippen LogP) is 4.26. The van der Waals surface area contributed by atoms with Gasteiger partial charge in [-0.2, -0.15) is 0 Å². The number of thiazole rings is 1. The Balaban J connectivity index is 1.74. The number of rotatable bonds is 4. The molecule has 0 spiro atoms. The Kier molecular flexibility index (Phi) is 4.99. The highest BCUT2D eigenvalue weighted by Crippen LogP contribution is 2.25. The zero-order valence-electron chi connectivity index (χ0n) is 13.4. The first-order chi connectivity index (χ1) is 11.0. The van der Waals surface area contributed by atoms with Crippen molar-refractivity contribution in [3.63, 3.8) is 0 Å². The fraction of sp³-hybridized carbons (Fsp3) is 0.412. The number of halogens is 1. The van der Waals surface area contributed by atoms with Gasteiger partial charge in [-0.15, -0.1) is 11.3 Å². The van der Waals surface area contributed by atoms with Gasteiger partial charge >= 0.3 is 0 Å². The second-order valence-corrected chi connectivity index (χ2v) is 7.44. The predicted molar refractivity (Wildman–Crippen MR) is 95.5 cm³/mol. The Morgan fingerprint density at radius 1 is 1.35 bits per heavy atom. The maximum Gasteiger partial charge on any atom is 0.267 e. The highest BCUT2D eigenvalue weighted by molar-refractivity contribution is 7.13. The third kappa shape index (κ3) is 3.91. The summed E-state index contributed by atoms with van der Waals surface area (Å²) in [4.78, 5) is 20.2. The van der Waals surface area contributed by atoms with Crippen molar-refractivity contribution < 1.29 is 4.79 Å². The molecule has 2 aromatic rings. The molecule has 1 aromatic heterocycles. The van der Waals surface area contributed by atoms with Crippen molar-refractivity contribution in [3.05, 3.63) is 44.4 Å².